The molecule has 21 heavy (non-hydrogen) atoms. The maximum absolute atomic E-state index is 12.8. The molecule has 1 heterocycles. The smallest absolute Gasteiger partial charge is 0.268 e. The number of hydrogen-bond acceptors (Lipinski definition) is 3. The van der Waals surface area contributed by atoms with Crippen LogP contribution in [0, 0.1) is 0 Å². The van der Waals surface area contributed by atoms with Crippen LogP contribution < -0.4 is 0 Å². The molecule has 0 aliphatic heterocycles. The van der Waals surface area contributed by atoms with Gasteiger partial charge in [-0.25, -0.2) is 12.4 Å². The number of nitrogens with zero attached hydrogens (tertiary/aromatic N) is 1. The van der Waals surface area contributed by atoms with Gasteiger partial charge in [-0.1, -0.05) is 36.4 Å². The molecule has 0 atom stereocenters. The maximum Gasteiger partial charge on any atom is 0.268 e. The summed E-state index contributed by atoms with van der Waals surface area (Å²) < 4.78 is 32.1. The van der Waals surface area contributed by atoms with Gasteiger partial charge in [-0.05, 0) is 18.2 Å². The van der Waals surface area contributed by atoms with Crippen LogP contribution in [0.2, 0.25) is 0 Å². The number of aromatic nitrogens is 1. The van der Waals surface area contributed by atoms with Gasteiger partial charge in [0.1, 0.15) is 0 Å². The topological polar surface area (TPSA) is 48.3 Å². The SMILES string of the molecule is COCc1cn(S(=O)(=O)c2ccccc2)c2ccccc12. The van der Waals surface area contributed by atoms with E-state index in [9.17, 15) is 8.42 Å². The number of ether oxygens (including phenoxy) is 1. The molecule has 0 aliphatic carbocycles. The molecule has 0 unspecified atom stereocenters. The Hall–Kier alpha value is -2.11. The van der Waals surface area contributed by atoms with E-state index in [0.717, 1.165) is 10.9 Å². The highest BCUT2D eigenvalue weighted by molar-refractivity contribution is 7.90. The van der Waals surface area contributed by atoms with Crippen molar-refractivity contribution >= 4 is 20.9 Å². The summed E-state index contributed by atoms with van der Waals surface area (Å²) >= 11 is 0. The Kier molecular flexibility index (Phi) is 3.53. The second kappa shape index (κ2) is 5.35. The van der Waals surface area contributed by atoms with Gasteiger partial charge in [0.05, 0.1) is 17.0 Å². The molecule has 0 spiro atoms. The summed E-state index contributed by atoms with van der Waals surface area (Å²) in [4.78, 5) is 0.273. The summed E-state index contributed by atoms with van der Waals surface area (Å²) in [6.45, 7) is 0.373. The Morgan fingerprint density at radius 3 is 2.38 bits per heavy atom. The van der Waals surface area contributed by atoms with E-state index in [0.29, 0.717) is 12.1 Å². The normalized spacial score (nSPS) is 11.9. The summed E-state index contributed by atoms with van der Waals surface area (Å²) in [5.41, 5.74) is 1.51. The zero-order chi connectivity index (χ0) is 14.9. The summed E-state index contributed by atoms with van der Waals surface area (Å²) in [6.07, 6.45) is 1.64. The lowest BCUT2D eigenvalue weighted by atomic mass is 10.2. The molecule has 2 aromatic carbocycles. The average molecular weight is 301 g/mol. The van der Waals surface area contributed by atoms with Crippen molar-refractivity contribution in [1.82, 2.24) is 3.97 Å². The van der Waals surface area contributed by atoms with Crippen molar-refractivity contribution in [3.8, 4) is 0 Å². The first-order chi connectivity index (χ1) is 10.1. The number of para-hydroxylation sites is 1. The molecule has 0 amide bonds. The first-order valence-electron chi connectivity index (χ1n) is 6.53. The Balaban J connectivity index is 2.26. The molecule has 0 saturated heterocycles. The second-order valence-corrected chi connectivity index (χ2v) is 6.53. The minimum absolute atomic E-state index is 0.273. The predicted molar refractivity (Wildman–Crippen MR) is 81.7 cm³/mol. The molecule has 3 rings (SSSR count). The lowest BCUT2D eigenvalue weighted by Crippen LogP contribution is -2.11. The van der Waals surface area contributed by atoms with Crippen LogP contribution >= 0.6 is 0 Å². The van der Waals surface area contributed by atoms with Crippen LogP contribution in [0.25, 0.3) is 10.9 Å². The van der Waals surface area contributed by atoms with Gasteiger partial charge < -0.3 is 4.74 Å². The van der Waals surface area contributed by atoms with Crippen LogP contribution in [0.3, 0.4) is 0 Å². The fourth-order valence-corrected chi connectivity index (χ4v) is 3.81. The molecule has 1 aromatic heterocycles. The molecule has 3 aromatic rings. The maximum atomic E-state index is 12.8. The Labute approximate surface area is 123 Å². The van der Waals surface area contributed by atoms with Gasteiger partial charge in [0.2, 0.25) is 0 Å². The van der Waals surface area contributed by atoms with Gasteiger partial charge >= 0.3 is 0 Å². The van der Waals surface area contributed by atoms with E-state index in [2.05, 4.69) is 0 Å². The van der Waals surface area contributed by atoms with Gasteiger partial charge in [0, 0.05) is 24.3 Å². The molecule has 4 nitrogen and oxygen atoms in total. The van der Waals surface area contributed by atoms with Crippen molar-refractivity contribution in [2.75, 3.05) is 7.11 Å². The lowest BCUT2D eigenvalue weighted by molar-refractivity contribution is 0.186. The van der Waals surface area contributed by atoms with Gasteiger partial charge in [0.25, 0.3) is 10.0 Å². The number of rotatable bonds is 4. The highest BCUT2D eigenvalue weighted by Crippen LogP contribution is 2.26. The van der Waals surface area contributed by atoms with Gasteiger partial charge in [-0.3, -0.25) is 0 Å². The minimum atomic E-state index is -3.60. The van der Waals surface area contributed by atoms with E-state index in [1.165, 1.54) is 3.97 Å². The molecule has 0 saturated carbocycles. The van der Waals surface area contributed by atoms with Gasteiger partial charge in [-0.15, -0.1) is 0 Å². The second-order valence-electron chi connectivity index (χ2n) is 4.72. The fraction of sp³-hybridized carbons (Fsp3) is 0.125. The van der Waals surface area contributed by atoms with E-state index < -0.39 is 10.0 Å². The monoisotopic (exact) mass is 301 g/mol. The average Bonchev–Trinajstić information content (AvgIpc) is 2.88. The van der Waals surface area contributed by atoms with Crippen LogP contribution in [0.5, 0.6) is 0 Å². The number of fused-ring (bicyclic) bond motifs is 1. The Morgan fingerprint density at radius 2 is 1.67 bits per heavy atom. The van der Waals surface area contributed by atoms with Crippen molar-refractivity contribution in [1.29, 1.82) is 0 Å². The summed E-state index contributed by atoms with van der Waals surface area (Å²) in [5, 5.41) is 0.888. The van der Waals surface area contributed by atoms with Crippen molar-refractivity contribution in [2.45, 2.75) is 11.5 Å². The van der Waals surface area contributed by atoms with Crippen LogP contribution in [0.4, 0.5) is 0 Å². The van der Waals surface area contributed by atoms with Gasteiger partial charge in [-0.2, -0.15) is 0 Å². The van der Waals surface area contributed by atoms with Crippen LogP contribution in [-0.2, 0) is 21.4 Å². The first kappa shape index (κ1) is 13.9. The molecule has 0 bridgehead atoms. The van der Waals surface area contributed by atoms with E-state index in [1.807, 2.05) is 18.2 Å². The largest absolute Gasteiger partial charge is 0.380 e. The number of methoxy groups -OCH3 is 1. The van der Waals surface area contributed by atoms with Crippen LogP contribution in [0.15, 0.2) is 65.7 Å². The van der Waals surface area contributed by atoms with Crippen LogP contribution in [0.1, 0.15) is 5.56 Å². The van der Waals surface area contributed by atoms with E-state index >= 15 is 0 Å². The predicted octanol–water partition coefficient (Wildman–Crippen LogP) is 3.02. The van der Waals surface area contributed by atoms with E-state index in [-0.39, 0.29) is 4.90 Å². The van der Waals surface area contributed by atoms with Crippen LogP contribution in [-0.4, -0.2) is 19.5 Å². The zero-order valence-corrected chi connectivity index (χ0v) is 12.4. The van der Waals surface area contributed by atoms with Gasteiger partial charge in [0.15, 0.2) is 0 Å². The fourth-order valence-electron chi connectivity index (χ4n) is 2.39. The third-order valence-corrected chi connectivity index (χ3v) is 5.05. The van der Waals surface area contributed by atoms with Crippen molar-refractivity contribution in [3.05, 3.63) is 66.4 Å². The lowest BCUT2D eigenvalue weighted by Gasteiger charge is -2.07. The highest BCUT2D eigenvalue weighted by atomic mass is 32.2. The molecule has 0 aliphatic rings. The molecule has 0 radical (unpaired) electrons. The standard InChI is InChI=1S/C16H15NO3S/c1-20-12-13-11-17(16-10-6-5-9-15(13)16)21(18,19)14-7-3-2-4-8-14/h2-11H,12H2,1H3. The molecular formula is C16H15NO3S. The number of benzene rings is 2. The van der Waals surface area contributed by atoms with Crippen molar-refractivity contribution in [3.63, 3.8) is 0 Å². The summed E-state index contributed by atoms with van der Waals surface area (Å²) in [6, 6.07) is 15.8. The highest BCUT2D eigenvalue weighted by Gasteiger charge is 2.20. The van der Waals surface area contributed by atoms with E-state index in [4.69, 9.17) is 4.74 Å². The zero-order valence-electron chi connectivity index (χ0n) is 11.6. The van der Waals surface area contributed by atoms with Crippen molar-refractivity contribution < 1.29 is 13.2 Å². The molecular weight excluding hydrogens is 286 g/mol. The third-order valence-electron chi connectivity index (χ3n) is 3.36. The first-order valence-corrected chi connectivity index (χ1v) is 7.97. The molecule has 0 N–H and O–H groups in total. The van der Waals surface area contributed by atoms with Crippen molar-refractivity contribution in [2.24, 2.45) is 0 Å². The summed E-state index contributed by atoms with van der Waals surface area (Å²) in [7, 11) is -2.01. The Bertz CT molecular complexity index is 867. The molecule has 108 valence electrons. The minimum Gasteiger partial charge on any atom is -0.380 e. The Morgan fingerprint density at radius 1 is 1.00 bits per heavy atom. The quantitative estimate of drug-likeness (QED) is 0.744. The summed E-state index contributed by atoms with van der Waals surface area (Å²) in [5.74, 6) is 0. The van der Waals surface area contributed by atoms with E-state index in [1.54, 1.807) is 49.7 Å². The number of hydrogen-bond donors (Lipinski definition) is 0. The third kappa shape index (κ3) is 2.34. The molecule has 0 fully saturated rings. The molecule has 5 heteroatoms.